The second-order valence-corrected chi connectivity index (χ2v) is 6.70. The zero-order valence-electron chi connectivity index (χ0n) is 14.9. The topological polar surface area (TPSA) is 57.4 Å². The van der Waals surface area contributed by atoms with Gasteiger partial charge < -0.3 is 19.9 Å². The number of fused-ring (bicyclic) bond motifs is 1. The fraction of sp³-hybridized carbons (Fsp3) is 0.286. The van der Waals surface area contributed by atoms with Gasteiger partial charge in [0.2, 0.25) is 0 Å². The smallest absolute Gasteiger partial charge is 0.255 e. The molecule has 2 aromatic carbocycles. The summed E-state index contributed by atoms with van der Waals surface area (Å²) in [5, 5.41) is 4.07. The fourth-order valence-corrected chi connectivity index (χ4v) is 3.50. The molecular formula is C21H23N3O2. The van der Waals surface area contributed by atoms with Crippen LogP contribution in [0.5, 0.6) is 0 Å². The number of aromatic amines is 1. The third-order valence-corrected chi connectivity index (χ3v) is 5.08. The van der Waals surface area contributed by atoms with Crippen molar-refractivity contribution >= 4 is 28.2 Å². The number of aromatic nitrogens is 1. The summed E-state index contributed by atoms with van der Waals surface area (Å²) in [6, 6.07) is 15.7. The van der Waals surface area contributed by atoms with Crippen LogP contribution in [0.2, 0.25) is 0 Å². The van der Waals surface area contributed by atoms with Gasteiger partial charge in [-0.05, 0) is 60.7 Å². The van der Waals surface area contributed by atoms with Crippen LogP contribution in [0, 0.1) is 0 Å². The molecule has 2 N–H and O–H groups in total. The lowest BCUT2D eigenvalue weighted by Crippen LogP contribution is -2.36. The quantitative estimate of drug-likeness (QED) is 0.747. The highest BCUT2D eigenvalue weighted by Gasteiger charge is 2.18. The molecule has 0 atom stereocenters. The summed E-state index contributed by atoms with van der Waals surface area (Å²) in [6.07, 6.45) is 4.36. The second kappa shape index (κ2) is 7.22. The number of nitrogens with zero attached hydrogens (tertiary/aromatic N) is 1. The van der Waals surface area contributed by atoms with Crippen molar-refractivity contribution in [3.05, 3.63) is 60.3 Å². The van der Waals surface area contributed by atoms with Crippen LogP contribution in [0.4, 0.5) is 11.4 Å². The Morgan fingerprint density at radius 2 is 1.88 bits per heavy atom. The van der Waals surface area contributed by atoms with Gasteiger partial charge in [-0.3, -0.25) is 4.79 Å². The molecule has 0 spiro atoms. The first-order chi connectivity index (χ1) is 12.7. The van der Waals surface area contributed by atoms with E-state index < -0.39 is 0 Å². The minimum absolute atomic E-state index is 0.102. The first-order valence-electron chi connectivity index (χ1n) is 8.99. The van der Waals surface area contributed by atoms with Crippen molar-refractivity contribution in [1.29, 1.82) is 0 Å². The Morgan fingerprint density at radius 1 is 1.12 bits per heavy atom. The van der Waals surface area contributed by atoms with E-state index in [2.05, 4.69) is 27.3 Å². The lowest BCUT2D eigenvalue weighted by molar-refractivity contribution is 0.0819. The summed E-state index contributed by atoms with van der Waals surface area (Å²) in [6.45, 7) is 2.00. The number of hydrogen-bond acceptors (Lipinski definition) is 3. The third-order valence-electron chi connectivity index (χ3n) is 5.08. The number of piperidine rings is 1. The fourth-order valence-electron chi connectivity index (χ4n) is 3.50. The van der Waals surface area contributed by atoms with E-state index in [-0.39, 0.29) is 5.91 Å². The van der Waals surface area contributed by atoms with Gasteiger partial charge in [0.05, 0.1) is 6.10 Å². The molecule has 3 aromatic rings. The van der Waals surface area contributed by atoms with Crippen molar-refractivity contribution in [1.82, 2.24) is 4.98 Å². The first kappa shape index (κ1) is 16.7. The van der Waals surface area contributed by atoms with Gasteiger partial charge in [0.1, 0.15) is 0 Å². The van der Waals surface area contributed by atoms with E-state index in [9.17, 15) is 4.79 Å². The molecule has 2 heterocycles. The number of benzene rings is 2. The maximum atomic E-state index is 12.5. The Bertz CT molecular complexity index is 893. The van der Waals surface area contributed by atoms with Gasteiger partial charge >= 0.3 is 0 Å². The lowest BCUT2D eigenvalue weighted by atomic mass is 10.1. The van der Waals surface area contributed by atoms with E-state index >= 15 is 0 Å². The number of rotatable bonds is 4. The number of methoxy groups -OCH3 is 1. The Balaban J connectivity index is 1.41. The average Bonchev–Trinajstić information content (AvgIpc) is 3.16. The van der Waals surface area contributed by atoms with Gasteiger partial charge in [0.15, 0.2) is 0 Å². The monoisotopic (exact) mass is 349 g/mol. The molecule has 0 unspecified atom stereocenters. The van der Waals surface area contributed by atoms with E-state index in [1.165, 1.54) is 5.69 Å². The third kappa shape index (κ3) is 3.44. The SMILES string of the molecule is COC1CCN(c2ccc(NC(=O)c3ccc4cc[nH]c4c3)cc2)CC1. The maximum Gasteiger partial charge on any atom is 0.255 e. The van der Waals surface area contributed by atoms with Gasteiger partial charge in [0, 0.05) is 48.9 Å². The van der Waals surface area contributed by atoms with E-state index in [1.54, 1.807) is 7.11 Å². The maximum absolute atomic E-state index is 12.5. The van der Waals surface area contributed by atoms with Crippen LogP contribution in [0.15, 0.2) is 54.7 Å². The molecule has 1 fully saturated rings. The summed E-state index contributed by atoms with van der Waals surface area (Å²) >= 11 is 0. The molecule has 1 aromatic heterocycles. The van der Waals surface area contributed by atoms with Crippen LogP contribution in [-0.4, -0.2) is 37.2 Å². The number of H-pyrrole nitrogens is 1. The van der Waals surface area contributed by atoms with Gasteiger partial charge in [-0.15, -0.1) is 0 Å². The Hall–Kier alpha value is -2.79. The predicted octanol–water partition coefficient (Wildman–Crippen LogP) is 4.04. The molecule has 4 rings (SSSR count). The molecule has 1 aliphatic rings. The summed E-state index contributed by atoms with van der Waals surface area (Å²) in [7, 11) is 1.78. The molecule has 0 saturated carbocycles. The first-order valence-corrected chi connectivity index (χ1v) is 8.99. The molecule has 5 nitrogen and oxygen atoms in total. The number of amides is 1. The number of hydrogen-bond donors (Lipinski definition) is 2. The van der Waals surface area contributed by atoms with Crippen LogP contribution in [0.1, 0.15) is 23.2 Å². The average molecular weight is 349 g/mol. The zero-order chi connectivity index (χ0) is 17.9. The number of carbonyl (C=O) groups is 1. The standard InChI is InChI=1S/C21H23N3O2/c1-26-19-9-12-24(13-10-19)18-6-4-17(5-7-18)23-21(25)16-3-2-15-8-11-22-20(15)14-16/h2-8,11,14,19,22H,9-10,12-13H2,1H3,(H,23,25). The Morgan fingerprint density at radius 3 is 2.62 bits per heavy atom. The van der Waals surface area contributed by atoms with Crippen molar-refractivity contribution in [2.45, 2.75) is 18.9 Å². The van der Waals surface area contributed by atoms with Gasteiger partial charge in [-0.1, -0.05) is 6.07 Å². The molecule has 0 radical (unpaired) electrons. The predicted molar refractivity (Wildman–Crippen MR) is 105 cm³/mol. The van der Waals surface area contributed by atoms with E-state index in [4.69, 9.17) is 4.74 Å². The largest absolute Gasteiger partial charge is 0.381 e. The van der Waals surface area contributed by atoms with Crippen molar-refractivity contribution in [2.24, 2.45) is 0 Å². The summed E-state index contributed by atoms with van der Waals surface area (Å²) in [4.78, 5) is 18.0. The molecule has 134 valence electrons. The summed E-state index contributed by atoms with van der Waals surface area (Å²) < 4.78 is 5.43. The lowest BCUT2D eigenvalue weighted by Gasteiger charge is -2.33. The number of ether oxygens (including phenoxy) is 1. The zero-order valence-corrected chi connectivity index (χ0v) is 14.9. The van der Waals surface area contributed by atoms with Gasteiger partial charge in [0.25, 0.3) is 5.91 Å². The van der Waals surface area contributed by atoms with E-state index in [1.807, 2.05) is 42.6 Å². The highest BCUT2D eigenvalue weighted by molar-refractivity contribution is 6.06. The highest BCUT2D eigenvalue weighted by Crippen LogP contribution is 2.23. The molecule has 0 bridgehead atoms. The van der Waals surface area contributed by atoms with Crippen LogP contribution in [0.25, 0.3) is 10.9 Å². The van der Waals surface area contributed by atoms with Crippen LogP contribution in [-0.2, 0) is 4.74 Å². The van der Waals surface area contributed by atoms with Gasteiger partial charge in [-0.25, -0.2) is 0 Å². The van der Waals surface area contributed by atoms with Crippen molar-refractivity contribution < 1.29 is 9.53 Å². The van der Waals surface area contributed by atoms with Gasteiger partial charge in [-0.2, -0.15) is 0 Å². The minimum atomic E-state index is -0.102. The molecule has 1 saturated heterocycles. The minimum Gasteiger partial charge on any atom is -0.381 e. The molecule has 1 aliphatic heterocycles. The number of nitrogens with one attached hydrogen (secondary N) is 2. The van der Waals surface area contributed by atoms with E-state index in [0.29, 0.717) is 11.7 Å². The van der Waals surface area contributed by atoms with Crippen molar-refractivity contribution in [3.63, 3.8) is 0 Å². The van der Waals surface area contributed by atoms with Crippen molar-refractivity contribution in [2.75, 3.05) is 30.4 Å². The molecule has 1 amide bonds. The molecular weight excluding hydrogens is 326 g/mol. The summed E-state index contributed by atoms with van der Waals surface area (Å²) in [5.41, 5.74) is 3.60. The van der Waals surface area contributed by atoms with Crippen LogP contribution >= 0.6 is 0 Å². The molecule has 5 heteroatoms. The van der Waals surface area contributed by atoms with Crippen LogP contribution < -0.4 is 10.2 Å². The van der Waals surface area contributed by atoms with Crippen LogP contribution in [0.3, 0.4) is 0 Å². The van der Waals surface area contributed by atoms with E-state index in [0.717, 1.165) is 42.5 Å². The van der Waals surface area contributed by atoms with Crippen molar-refractivity contribution in [3.8, 4) is 0 Å². The normalized spacial score (nSPS) is 15.3. The Kier molecular flexibility index (Phi) is 4.63. The Labute approximate surface area is 153 Å². The summed E-state index contributed by atoms with van der Waals surface area (Å²) in [5.74, 6) is -0.102. The molecule has 26 heavy (non-hydrogen) atoms. The number of carbonyl (C=O) groups excluding carboxylic acids is 1. The second-order valence-electron chi connectivity index (χ2n) is 6.70. The number of anilines is 2. The highest BCUT2D eigenvalue weighted by atomic mass is 16.5. The molecule has 0 aliphatic carbocycles.